The van der Waals surface area contributed by atoms with Gasteiger partial charge in [0.2, 0.25) is 0 Å². The Morgan fingerprint density at radius 3 is 2.62 bits per heavy atom. The molecule has 0 saturated carbocycles. The first kappa shape index (κ1) is 18.6. The number of hydrogen-bond donors (Lipinski definition) is 1. The van der Waals surface area contributed by atoms with Crippen LogP contribution in [-0.2, 0) is 6.54 Å². The average molecular weight is 383 g/mol. The maximum atomic E-state index is 13.0. The van der Waals surface area contributed by atoms with Gasteiger partial charge in [-0.25, -0.2) is 0 Å². The summed E-state index contributed by atoms with van der Waals surface area (Å²) in [5, 5.41) is 4.25. The van der Waals surface area contributed by atoms with Crippen LogP contribution < -0.4 is 10.9 Å². The summed E-state index contributed by atoms with van der Waals surface area (Å²) in [5.74, 6) is -0.182. The van der Waals surface area contributed by atoms with Crippen LogP contribution in [0.25, 0.3) is 10.8 Å². The van der Waals surface area contributed by atoms with Crippen molar-refractivity contribution in [3.63, 3.8) is 0 Å². The van der Waals surface area contributed by atoms with Gasteiger partial charge in [0, 0.05) is 40.6 Å². The van der Waals surface area contributed by atoms with Gasteiger partial charge in [0.25, 0.3) is 11.5 Å². The highest BCUT2D eigenvalue weighted by Crippen LogP contribution is 2.22. The van der Waals surface area contributed by atoms with Gasteiger partial charge in [-0.3, -0.25) is 14.6 Å². The molecular formula is C24H21N3O2. The van der Waals surface area contributed by atoms with Gasteiger partial charge in [0.05, 0.1) is 6.54 Å². The molecule has 4 aromatic rings. The molecule has 2 heterocycles. The molecule has 0 aliphatic carbocycles. The number of nitrogens with one attached hydrogen (secondary N) is 1. The lowest BCUT2D eigenvalue weighted by atomic mass is 10.0. The Kier molecular flexibility index (Phi) is 4.96. The fourth-order valence-electron chi connectivity index (χ4n) is 3.43. The summed E-state index contributed by atoms with van der Waals surface area (Å²) in [7, 11) is 0. The Hall–Kier alpha value is -3.73. The molecule has 0 atom stereocenters. The number of carbonyl (C=O) groups is 1. The Labute approximate surface area is 168 Å². The van der Waals surface area contributed by atoms with Crippen molar-refractivity contribution in [2.45, 2.75) is 20.4 Å². The predicted molar refractivity (Wildman–Crippen MR) is 115 cm³/mol. The second-order valence-corrected chi connectivity index (χ2v) is 7.08. The minimum absolute atomic E-state index is 0.103. The zero-order valence-corrected chi connectivity index (χ0v) is 16.3. The number of hydrogen-bond acceptors (Lipinski definition) is 3. The van der Waals surface area contributed by atoms with E-state index in [1.54, 1.807) is 35.3 Å². The summed E-state index contributed by atoms with van der Waals surface area (Å²) in [6.07, 6.45) is 5.21. The van der Waals surface area contributed by atoms with Gasteiger partial charge in [0.15, 0.2) is 0 Å². The van der Waals surface area contributed by atoms with E-state index in [2.05, 4.69) is 10.3 Å². The molecule has 5 nitrogen and oxygen atoms in total. The van der Waals surface area contributed by atoms with Crippen molar-refractivity contribution >= 4 is 22.4 Å². The van der Waals surface area contributed by atoms with Crippen LogP contribution in [0.1, 0.15) is 27.0 Å². The van der Waals surface area contributed by atoms with Crippen molar-refractivity contribution < 1.29 is 4.79 Å². The predicted octanol–water partition coefficient (Wildman–Crippen LogP) is 4.31. The van der Waals surface area contributed by atoms with Crippen molar-refractivity contribution in [3.8, 4) is 0 Å². The maximum absolute atomic E-state index is 13.0. The molecule has 0 bridgehead atoms. The molecule has 1 N–H and O–H groups in total. The van der Waals surface area contributed by atoms with E-state index in [1.165, 1.54) is 0 Å². The molecule has 5 heteroatoms. The second kappa shape index (κ2) is 7.72. The highest BCUT2D eigenvalue weighted by atomic mass is 16.1. The molecule has 144 valence electrons. The number of rotatable bonds is 4. The largest absolute Gasteiger partial charge is 0.321 e. The number of aromatic nitrogens is 2. The van der Waals surface area contributed by atoms with Crippen molar-refractivity contribution in [1.82, 2.24) is 9.55 Å². The Morgan fingerprint density at radius 2 is 1.83 bits per heavy atom. The maximum Gasteiger partial charge on any atom is 0.258 e. The second-order valence-electron chi connectivity index (χ2n) is 7.08. The van der Waals surface area contributed by atoms with Gasteiger partial charge in [-0.05, 0) is 60.9 Å². The van der Waals surface area contributed by atoms with Crippen LogP contribution in [0.2, 0.25) is 0 Å². The molecule has 0 spiro atoms. The van der Waals surface area contributed by atoms with E-state index in [-0.39, 0.29) is 11.5 Å². The Morgan fingerprint density at radius 1 is 1.00 bits per heavy atom. The minimum atomic E-state index is -0.182. The summed E-state index contributed by atoms with van der Waals surface area (Å²) in [6, 6.07) is 16.7. The minimum Gasteiger partial charge on any atom is -0.321 e. The number of carbonyl (C=O) groups excluding carboxylic acids is 1. The van der Waals surface area contributed by atoms with Crippen molar-refractivity contribution in [3.05, 3.63) is 106 Å². The Balaban J connectivity index is 1.69. The number of amides is 1. The molecular weight excluding hydrogens is 362 g/mol. The summed E-state index contributed by atoms with van der Waals surface area (Å²) >= 11 is 0. The normalized spacial score (nSPS) is 10.8. The van der Waals surface area contributed by atoms with E-state index in [4.69, 9.17) is 0 Å². The summed E-state index contributed by atoms with van der Waals surface area (Å²) in [5.41, 5.74) is 4.12. The van der Waals surface area contributed by atoms with Gasteiger partial charge < -0.3 is 9.88 Å². The third-order valence-corrected chi connectivity index (χ3v) is 5.19. The van der Waals surface area contributed by atoms with Crippen LogP contribution in [0, 0.1) is 13.8 Å². The molecule has 4 rings (SSSR count). The number of nitrogens with zero attached hydrogens (tertiary/aromatic N) is 2. The van der Waals surface area contributed by atoms with Crippen LogP contribution in [0.5, 0.6) is 0 Å². The summed E-state index contributed by atoms with van der Waals surface area (Å²) in [6.45, 7) is 4.36. The van der Waals surface area contributed by atoms with Crippen molar-refractivity contribution in [2.24, 2.45) is 0 Å². The van der Waals surface area contributed by atoms with Gasteiger partial charge in [0.1, 0.15) is 0 Å². The van der Waals surface area contributed by atoms with E-state index in [9.17, 15) is 9.59 Å². The van der Waals surface area contributed by atoms with Crippen LogP contribution in [0.4, 0.5) is 5.69 Å². The molecule has 2 aromatic carbocycles. The fraction of sp³-hybridized carbons (Fsp3) is 0.125. The third-order valence-electron chi connectivity index (χ3n) is 5.19. The highest BCUT2D eigenvalue weighted by Gasteiger charge is 2.13. The number of pyridine rings is 2. The molecule has 0 fully saturated rings. The monoisotopic (exact) mass is 383 g/mol. The SMILES string of the molecule is Cc1cccc(C(=O)Nc2cccc3c(=O)n(Cc4cccnc4)ccc23)c1C. The standard InChI is InChI=1S/C24H21N3O2/c1-16-6-3-8-19(17(16)2)23(28)26-22-10-4-9-21-20(22)11-13-27(24(21)29)15-18-7-5-12-25-14-18/h3-14H,15H2,1-2H3,(H,26,28). The number of aryl methyl sites for hydroxylation is 1. The summed E-state index contributed by atoms with van der Waals surface area (Å²) in [4.78, 5) is 29.9. The average Bonchev–Trinajstić information content (AvgIpc) is 2.73. The first-order valence-corrected chi connectivity index (χ1v) is 9.43. The van der Waals surface area contributed by atoms with E-state index in [0.717, 1.165) is 22.1 Å². The molecule has 2 aromatic heterocycles. The van der Waals surface area contributed by atoms with Gasteiger partial charge >= 0.3 is 0 Å². The lowest BCUT2D eigenvalue weighted by Gasteiger charge is -2.13. The zero-order valence-electron chi connectivity index (χ0n) is 16.3. The van der Waals surface area contributed by atoms with E-state index in [0.29, 0.717) is 23.2 Å². The van der Waals surface area contributed by atoms with Gasteiger partial charge in [-0.1, -0.05) is 24.3 Å². The van der Waals surface area contributed by atoms with Crippen LogP contribution in [0.3, 0.4) is 0 Å². The van der Waals surface area contributed by atoms with Crippen LogP contribution in [0.15, 0.2) is 78.0 Å². The lowest BCUT2D eigenvalue weighted by molar-refractivity contribution is 0.102. The third kappa shape index (κ3) is 3.67. The highest BCUT2D eigenvalue weighted by molar-refractivity contribution is 6.09. The van der Waals surface area contributed by atoms with E-state index < -0.39 is 0 Å². The fourth-order valence-corrected chi connectivity index (χ4v) is 3.43. The molecule has 1 amide bonds. The first-order chi connectivity index (χ1) is 14.0. The molecule has 0 radical (unpaired) electrons. The topological polar surface area (TPSA) is 64.0 Å². The van der Waals surface area contributed by atoms with E-state index in [1.807, 2.05) is 56.3 Å². The lowest BCUT2D eigenvalue weighted by Crippen LogP contribution is -2.21. The van der Waals surface area contributed by atoms with Crippen LogP contribution >= 0.6 is 0 Å². The molecule has 0 aliphatic heterocycles. The zero-order chi connectivity index (χ0) is 20.4. The number of anilines is 1. The quantitative estimate of drug-likeness (QED) is 0.571. The molecule has 0 unspecified atom stereocenters. The molecule has 0 saturated heterocycles. The smallest absolute Gasteiger partial charge is 0.258 e. The summed E-state index contributed by atoms with van der Waals surface area (Å²) < 4.78 is 1.65. The Bertz CT molecular complexity index is 1260. The van der Waals surface area contributed by atoms with E-state index >= 15 is 0 Å². The van der Waals surface area contributed by atoms with Crippen molar-refractivity contribution in [2.75, 3.05) is 5.32 Å². The van der Waals surface area contributed by atoms with Gasteiger partial charge in [-0.2, -0.15) is 0 Å². The van der Waals surface area contributed by atoms with Crippen LogP contribution in [-0.4, -0.2) is 15.5 Å². The molecule has 29 heavy (non-hydrogen) atoms. The first-order valence-electron chi connectivity index (χ1n) is 9.43. The van der Waals surface area contributed by atoms with Gasteiger partial charge in [-0.15, -0.1) is 0 Å². The molecule has 0 aliphatic rings. The number of fused-ring (bicyclic) bond motifs is 1. The van der Waals surface area contributed by atoms with Crippen molar-refractivity contribution in [1.29, 1.82) is 0 Å². The number of benzene rings is 2.